The SMILES string of the molecule is CCC(C)Nc1cc(N(CC)CC)nc(-c2ccccc2)n1. The molecular weight excluding hydrogens is 272 g/mol. The smallest absolute Gasteiger partial charge is 0.163 e. The second-order valence-electron chi connectivity index (χ2n) is 5.43. The number of aromatic nitrogens is 2. The van der Waals surface area contributed by atoms with E-state index in [1.807, 2.05) is 36.4 Å². The summed E-state index contributed by atoms with van der Waals surface area (Å²) in [5.74, 6) is 2.64. The summed E-state index contributed by atoms with van der Waals surface area (Å²) in [4.78, 5) is 11.7. The van der Waals surface area contributed by atoms with Gasteiger partial charge in [-0.15, -0.1) is 0 Å². The van der Waals surface area contributed by atoms with Gasteiger partial charge in [0.1, 0.15) is 11.6 Å². The van der Waals surface area contributed by atoms with E-state index in [1.54, 1.807) is 0 Å². The second-order valence-corrected chi connectivity index (χ2v) is 5.43. The summed E-state index contributed by atoms with van der Waals surface area (Å²) in [6.07, 6.45) is 1.06. The first kappa shape index (κ1) is 16.3. The Morgan fingerprint density at radius 3 is 2.32 bits per heavy atom. The molecule has 1 aromatic heterocycles. The third-order valence-corrected chi connectivity index (χ3v) is 3.84. The highest BCUT2D eigenvalue weighted by Crippen LogP contribution is 2.23. The first-order valence-electron chi connectivity index (χ1n) is 8.13. The third-order valence-electron chi connectivity index (χ3n) is 3.84. The molecule has 1 N–H and O–H groups in total. The summed E-state index contributed by atoms with van der Waals surface area (Å²) in [6, 6.07) is 12.6. The van der Waals surface area contributed by atoms with Gasteiger partial charge in [-0.1, -0.05) is 37.3 Å². The summed E-state index contributed by atoms with van der Waals surface area (Å²) in [6.45, 7) is 10.5. The number of nitrogens with one attached hydrogen (secondary N) is 1. The van der Waals surface area contributed by atoms with Crippen molar-refractivity contribution >= 4 is 11.6 Å². The molecule has 1 atom stereocenters. The molecule has 0 amide bonds. The van der Waals surface area contributed by atoms with Gasteiger partial charge in [0.25, 0.3) is 0 Å². The van der Waals surface area contributed by atoms with Crippen LogP contribution in [0.15, 0.2) is 36.4 Å². The maximum atomic E-state index is 4.75. The molecule has 1 aromatic carbocycles. The van der Waals surface area contributed by atoms with Gasteiger partial charge >= 0.3 is 0 Å². The van der Waals surface area contributed by atoms with Crippen LogP contribution in [0.1, 0.15) is 34.1 Å². The molecule has 0 bridgehead atoms. The average Bonchev–Trinajstić information content (AvgIpc) is 2.56. The summed E-state index contributed by atoms with van der Waals surface area (Å²) in [7, 11) is 0. The first-order chi connectivity index (χ1) is 10.7. The van der Waals surface area contributed by atoms with Gasteiger partial charge in [-0.25, -0.2) is 9.97 Å². The molecular formula is C18H26N4. The molecule has 0 aliphatic heterocycles. The number of anilines is 2. The van der Waals surface area contributed by atoms with Gasteiger partial charge in [0.2, 0.25) is 0 Å². The van der Waals surface area contributed by atoms with Crippen molar-refractivity contribution in [1.82, 2.24) is 9.97 Å². The number of rotatable bonds is 7. The lowest BCUT2D eigenvalue weighted by Crippen LogP contribution is -2.24. The Labute approximate surface area is 133 Å². The fraction of sp³-hybridized carbons (Fsp3) is 0.444. The highest BCUT2D eigenvalue weighted by Gasteiger charge is 2.11. The molecule has 22 heavy (non-hydrogen) atoms. The van der Waals surface area contributed by atoms with E-state index >= 15 is 0 Å². The second kappa shape index (κ2) is 7.78. The lowest BCUT2D eigenvalue weighted by Gasteiger charge is -2.22. The Bertz CT molecular complexity index is 579. The standard InChI is InChI=1S/C18H26N4/c1-5-14(4)19-16-13-17(22(6-2)7-3)21-18(20-16)15-11-9-8-10-12-15/h8-14H,5-7H2,1-4H3,(H,19,20,21). The van der Waals surface area contributed by atoms with Crippen LogP contribution >= 0.6 is 0 Å². The number of nitrogens with zero attached hydrogens (tertiary/aromatic N) is 3. The van der Waals surface area contributed by atoms with Crippen molar-refractivity contribution in [1.29, 1.82) is 0 Å². The largest absolute Gasteiger partial charge is 0.367 e. The van der Waals surface area contributed by atoms with E-state index in [1.165, 1.54) is 0 Å². The topological polar surface area (TPSA) is 41.0 Å². The zero-order chi connectivity index (χ0) is 15.9. The molecule has 0 fully saturated rings. The maximum Gasteiger partial charge on any atom is 0.163 e. The van der Waals surface area contributed by atoms with Crippen LogP contribution in [0.3, 0.4) is 0 Å². The molecule has 0 saturated carbocycles. The van der Waals surface area contributed by atoms with Crippen molar-refractivity contribution in [2.24, 2.45) is 0 Å². The third kappa shape index (κ3) is 3.97. The summed E-state index contributed by atoms with van der Waals surface area (Å²) >= 11 is 0. The monoisotopic (exact) mass is 298 g/mol. The highest BCUT2D eigenvalue weighted by molar-refractivity contribution is 5.61. The van der Waals surface area contributed by atoms with Crippen LogP contribution in [0.2, 0.25) is 0 Å². The minimum absolute atomic E-state index is 0.392. The minimum atomic E-state index is 0.392. The number of benzene rings is 1. The van der Waals surface area contributed by atoms with E-state index in [2.05, 4.69) is 37.9 Å². The van der Waals surface area contributed by atoms with Crippen LogP contribution in [0.5, 0.6) is 0 Å². The zero-order valence-electron chi connectivity index (χ0n) is 14.0. The summed E-state index contributed by atoms with van der Waals surface area (Å²) < 4.78 is 0. The Kier molecular flexibility index (Phi) is 5.75. The lowest BCUT2D eigenvalue weighted by atomic mass is 10.2. The van der Waals surface area contributed by atoms with Gasteiger partial charge in [-0.3, -0.25) is 0 Å². The fourth-order valence-corrected chi connectivity index (χ4v) is 2.29. The zero-order valence-corrected chi connectivity index (χ0v) is 14.0. The molecule has 0 spiro atoms. The van der Waals surface area contributed by atoms with Crippen LogP contribution < -0.4 is 10.2 Å². The molecule has 0 aliphatic carbocycles. The van der Waals surface area contributed by atoms with Gasteiger partial charge < -0.3 is 10.2 Å². The molecule has 4 nitrogen and oxygen atoms in total. The van der Waals surface area contributed by atoms with Crippen molar-refractivity contribution in [2.75, 3.05) is 23.3 Å². The molecule has 4 heteroatoms. The molecule has 2 aromatic rings. The van der Waals surface area contributed by atoms with E-state index in [0.29, 0.717) is 6.04 Å². The van der Waals surface area contributed by atoms with Crippen molar-refractivity contribution in [3.63, 3.8) is 0 Å². The van der Waals surface area contributed by atoms with E-state index in [-0.39, 0.29) is 0 Å². The number of hydrogen-bond acceptors (Lipinski definition) is 4. The van der Waals surface area contributed by atoms with Gasteiger partial charge in [0, 0.05) is 30.8 Å². The molecule has 0 saturated heterocycles. The predicted molar refractivity (Wildman–Crippen MR) is 94.4 cm³/mol. The Balaban J connectivity index is 2.44. The summed E-state index contributed by atoms with van der Waals surface area (Å²) in [5.41, 5.74) is 1.05. The van der Waals surface area contributed by atoms with Crippen molar-refractivity contribution in [3.8, 4) is 11.4 Å². The van der Waals surface area contributed by atoms with E-state index in [4.69, 9.17) is 9.97 Å². The quantitative estimate of drug-likeness (QED) is 0.831. The Morgan fingerprint density at radius 1 is 1.05 bits per heavy atom. The van der Waals surface area contributed by atoms with Gasteiger partial charge in [0.05, 0.1) is 0 Å². The van der Waals surface area contributed by atoms with Crippen LogP contribution in [0.4, 0.5) is 11.6 Å². The maximum absolute atomic E-state index is 4.75. The molecule has 118 valence electrons. The van der Waals surface area contributed by atoms with Gasteiger partial charge in [-0.2, -0.15) is 0 Å². The lowest BCUT2D eigenvalue weighted by molar-refractivity contribution is 0.757. The summed E-state index contributed by atoms with van der Waals surface area (Å²) in [5, 5.41) is 3.47. The highest BCUT2D eigenvalue weighted by atomic mass is 15.2. The van der Waals surface area contributed by atoms with E-state index in [9.17, 15) is 0 Å². The van der Waals surface area contributed by atoms with Crippen LogP contribution in [-0.2, 0) is 0 Å². The molecule has 1 unspecified atom stereocenters. The molecule has 0 radical (unpaired) electrons. The van der Waals surface area contributed by atoms with Crippen LogP contribution in [-0.4, -0.2) is 29.1 Å². The first-order valence-corrected chi connectivity index (χ1v) is 8.13. The van der Waals surface area contributed by atoms with E-state index in [0.717, 1.165) is 42.5 Å². The van der Waals surface area contributed by atoms with E-state index < -0.39 is 0 Å². The van der Waals surface area contributed by atoms with Gasteiger partial charge in [0.15, 0.2) is 5.82 Å². The fourth-order valence-electron chi connectivity index (χ4n) is 2.29. The van der Waals surface area contributed by atoms with Crippen LogP contribution in [0.25, 0.3) is 11.4 Å². The van der Waals surface area contributed by atoms with Crippen LogP contribution in [0, 0.1) is 0 Å². The minimum Gasteiger partial charge on any atom is -0.367 e. The molecule has 1 heterocycles. The average molecular weight is 298 g/mol. The normalized spacial score (nSPS) is 12.0. The van der Waals surface area contributed by atoms with Crippen molar-refractivity contribution in [3.05, 3.63) is 36.4 Å². The predicted octanol–water partition coefficient (Wildman–Crippen LogP) is 4.20. The molecule has 0 aliphatic rings. The Morgan fingerprint density at radius 2 is 1.73 bits per heavy atom. The van der Waals surface area contributed by atoms with Crippen molar-refractivity contribution < 1.29 is 0 Å². The number of hydrogen-bond donors (Lipinski definition) is 1. The Hall–Kier alpha value is -2.10. The molecule has 2 rings (SSSR count). The van der Waals surface area contributed by atoms with Gasteiger partial charge in [-0.05, 0) is 27.2 Å². The van der Waals surface area contributed by atoms with Crippen molar-refractivity contribution in [2.45, 2.75) is 40.2 Å².